The smallest absolute Gasteiger partial charge is 0.265 e. The molecule has 1 aliphatic rings. The number of carbonyl (C=O) groups excluding carboxylic acids is 2. The minimum atomic E-state index is -0.573. The quantitative estimate of drug-likeness (QED) is 0.625. The van der Waals surface area contributed by atoms with Gasteiger partial charge in [-0.3, -0.25) is 9.59 Å². The number of benzene rings is 2. The monoisotopic (exact) mass is 431 g/mol. The molecule has 30 heavy (non-hydrogen) atoms. The number of rotatable bonds is 7. The number of amides is 2. The lowest BCUT2D eigenvalue weighted by Gasteiger charge is -2.31. The fraction of sp³-hybridized carbons (Fsp3) is 0.391. The molecule has 1 aliphatic heterocycles. The van der Waals surface area contributed by atoms with Crippen molar-refractivity contribution in [2.75, 3.05) is 11.9 Å². The van der Waals surface area contributed by atoms with Gasteiger partial charge in [0.25, 0.3) is 11.8 Å². The van der Waals surface area contributed by atoms with Gasteiger partial charge in [0.05, 0.1) is 0 Å². The summed E-state index contributed by atoms with van der Waals surface area (Å²) in [5.41, 5.74) is 7.47. The van der Waals surface area contributed by atoms with E-state index in [1.54, 1.807) is 24.3 Å². The second-order valence-corrected chi connectivity index (χ2v) is 8.31. The predicted octanol–water partition coefficient (Wildman–Crippen LogP) is 3.54. The average molecular weight is 432 g/mol. The molecule has 2 amide bonds. The first kappa shape index (κ1) is 23.7. The van der Waals surface area contributed by atoms with Crippen molar-refractivity contribution in [2.45, 2.75) is 45.3 Å². The van der Waals surface area contributed by atoms with E-state index in [0.29, 0.717) is 30.1 Å². The van der Waals surface area contributed by atoms with Gasteiger partial charge in [-0.05, 0) is 49.1 Å². The number of nitrogens with one attached hydrogen (secondary N) is 2. The lowest BCUT2D eigenvalue weighted by molar-refractivity contribution is -0.122. The van der Waals surface area contributed by atoms with Crippen LogP contribution in [-0.2, 0) is 11.2 Å². The van der Waals surface area contributed by atoms with E-state index in [-0.39, 0.29) is 24.2 Å². The third kappa shape index (κ3) is 5.74. The average Bonchev–Trinajstić information content (AvgIpc) is 3.12. The first-order chi connectivity index (χ1) is 13.8. The molecule has 1 heterocycles. The Bertz CT molecular complexity index is 878. The molecule has 2 atom stereocenters. The largest absolute Gasteiger partial charge is 0.480 e. The van der Waals surface area contributed by atoms with E-state index in [1.807, 2.05) is 31.2 Å². The number of nitrogens with two attached hydrogens (primary N) is 1. The molecule has 2 aromatic carbocycles. The number of carbonyl (C=O) groups is 2. The number of ether oxygens (including phenoxy) is 1. The summed E-state index contributed by atoms with van der Waals surface area (Å²) in [5, 5.41) is 5.89. The zero-order valence-corrected chi connectivity index (χ0v) is 18.4. The van der Waals surface area contributed by atoms with Crippen molar-refractivity contribution in [3.63, 3.8) is 0 Å². The topological polar surface area (TPSA) is 93.5 Å². The molecule has 0 aromatic heterocycles. The summed E-state index contributed by atoms with van der Waals surface area (Å²) in [7, 11) is 0. The van der Waals surface area contributed by atoms with E-state index in [4.69, 9.17) is 10.5 Å². The molecule has 0 saturated heterocycles. The summed E-state index contributed by atoms with van der Waals surface area (Å²) in [6, 6.07) is 14.5. The highest BCUT2D eigenvalue weighted by Gasteiger charge is 2.29. The molecular formula is C23H30ClN3O3. The number of fused-ring (bicyclic) bond motifs is 1. The summed E-state index contributed by atoms with van der Waals surface area (Å²) in [6.45, 7) is 6.50. The summed E-state index contributed by atoms with van der Waals surface area (Å²) in [4.78, 5) is 25.3. The molecule has 6 nitrogen and oxygen atoms in total. The summed E-state index contributed by atoms with van der Waals surface area (Å²) >= 11 is 0. The van der Waals surface area contributed by atoms with Crippen molar-refractivity contribution < 1.29 is 14.3 Å². The number of anilines is 1. The molecule has 0 fully saturated rings. The molecule has 0 saturated carbocycles. The van der Waals surface area contributed by atoms with Crippen LogP contribution in [0.25, 0.3) is 0 Å². The number of hydrogen-bond donors (Lipinski definition) is 3. The van der Waals surface area contributed by atoms with Crippen LogP contribution in [0.3, 0.4) is 0 Å². The number of halogens is 1. The van der Waals surface area contributed by atoms with E-state index in [0.717, 1.165) is 17.7 Å². The van der Waals surface area contributed by atoms with Crippen molar-refractivity contribution in [3.8, 4) is 5.75 Å². The van der Waals surface area contributed by atoms with Crippen molar-refractivity contribution in [2.24, 2.45) is 11.7 Å². The van der Waals surface area contributed by atoms with Gasteiger partial charge in [0.15, 0.2) is 6.10 Å². The molecule has 0 aliphatic carbocycles. The van der Waals surface area contributed by atoms with Gasteiger partial charge in [0.1, 0.15) is 5.75 Å². The zero-order valence-electron chi connectivity index (χ0n) is 17.6. The Morgan fingerprint density at radius 1 is 1.20 bits per heavy atom. The van der Waals surface area contributed by atoms with Gasteiger partial charge in [-0.1, -0.05) is 38.1 Å². The van der Waals surface area contributed by atoms with E-state index in [1.165, 1.54) is 0 Å². The van der Waals surface area contributed by atoms with Gasteiger partial charge in [-0.2, -0.15) is 0 Å². The number of hydrogen-bond acceptors (Lipinski definition) is 4. The Balaban J connectivity index is 0.00000320. The molecule has 3 rings (SSSR count). The highest BCUT2D eigenvalue weighted by molar-refractivity contribution is 5.99. The zero-order chi connectivity index (χ0) is 21.0. The first-order valence-corrected chi connectivity index (χ1v) is 9.98. The van der Waals surface area contributed by atoms with Crippen molar-refractivity contribution in [1.29, 1.82) is 0 Å². The highest BCUT2D eigenvalue weighted by atomic mass is 35.5. The first-order valence-electron chi connectivity index (χ1n) is 9.98. The summed E-state index contributed by atoms with van der Waals surface area (Å²) in [5.74, 6) is 0.710. The molecule has 2 unspecified atom stereocenters. The Labute approximate surface area is 184 Å². The Kier molecular flexibility index (Phi) is 7.87. The van der Waals surface area contributed by atoms with Crippen LogP contribution in [0, 0.1) is 5.92 Å². The SMILES string of the molecule is CC(C)CC(C)(CN)NC(=O)c1cccc(NC(=O)C2Cc3ccccc3O2)c1.Cl. The van der Waals surface area contributed by atoms with Gasteiger partial charge in [-0.15, -0.1) is 12.4 Å². The fourth-order valence-electron chi connectivity index (χ4n) is 3.72. The second-order valence-electron chi connectivity index (χ2n) is 8.31. The van der Waals surface area contributed by atoms with Crippen LogP contribution in [0.2, 0.25) is 0 Å². The number of para-hydroxylation sites is 1. The summed E-state index contributed by atoms with van der Waals surface area (Å²) < 4.78 is 5.73. The molecule has 0 bridgehead atoms. The highest BCUT2D eigenvalue weighted by Crippen LogP contribution is 2.28. The Hall–Kier alpha value is -2.57. The van der Waals surface area contributed by atoms with Crippen LogP contribution in [0.1, 0.15) is 43.1 Å². The van der Waals surface area contributed by atoms with E-state index >= 15 is 0 Å². The Morgan fingerprint density at radius 2 is 1.93 bits per heavy atom. The molecule has 4 N–H and O–H groups in total. The minimum absolute atomic E-state index is 0. The van der Waals surface area contributed by atoms with Gasteiger partial charge in [0.2, 0.25) is 0 Å². The summed E-state index contributed by atoms with van der Waals surface area (Å²) in [6.07, 6.45) is 0.744. The minimum Gasteiger partial charge on any atom is -0.480 e. The van der Waals surface area contributed by atoms with Gasteiger partial charge in [-0.25, -0.2) is 0 Å². The van der Waals surface area contributed by atoms with Gasteiger partial charge < -0.3 is 21.1 Å². The standard InChI is InChI=1S/C23H29N3O3.ClH/c1-15(2)13-23(3,14-24)26-21(27)17-8-6-9-18(11-17)25-22(28)20-12-16-7-4-5-10-19(16)29-20;/h4-11,15,20H,12-14,24H2,1-3H3,(H,25,28)(H,26,27);1H. The van der Waals surface area contributed by atoms with Gasteiger partial charge >= 0.3 is 0 Å². The molecular weight excluding hydrogens is 402 g/mol. The molecule has 162 valence electrons. The van der Waals surface area contributed by atoms with E-state index in [2.05, 4.69) is 24.5 Å². The van der Waals surface area contributed by atoms with Crippen molar-refractivity contribution in [1.82, 2.24) is 5.32 Å². The van der Waals surface area contributed by atoms with Crippen LogP contribution in [-0.4, -0.2) is 30.0 Å². The van der Waals surface area contributed by atoms with Crippen molar-refractivity contribution >= 4 is 29.9 Å². The fourth-order valence-corrected chi connectivity index (χ4v) is 3.72. The van der Waals surface area contributed by atoms with Crippen molar-refractivity contribution in [3.05, 3.63) is 59.7 Å². The van der Waals surface area contributed by atoms with Gasteiger partial charge in [0, 0.05) is 29.8 Å². The normalized spacial score (nSPS) is 16.6. The lowest BCUT2D eigenvalue weighted by atomic mass is 9.90. The maximum Gasteiger partial charge on any atom is 0.265 e. The Morgan fingerprint density at radius 3 is 2.60 bits per heavy atom. The molecule has 2 aromatic rings. The lowest BCUT2D eigenvalue weighted by Crippen LogP contribution is -2.52. The third-order valence-electron chi connectivity index (χ3n) is 5.06. The third-order valence-corrected chi connectivity index (χ3v) is 5.06. The van der Waals surface area contributed by atoms with Crippen LogP contribution in [0.5, 0.6) is 5.75 Å². The van der Waals surface area contributed by atoms with Crippen LogP contribution in [0.4, 0.5) is 5.69 Å². The maximum atomic E-state index is 12.7. The van der Waals surface area contributed by atoms with Crippen LogP contribution < -0.4 is 21.1 Å². The van der Waals surface area contributed by atoms with Crippen LogP contribution >= 0.6 is 12.4 Å². The maximum absolute atomic E-state index is 12.7. The molecule has 0 spiro atoms. The van der Waals surface area contributed by atoms with Crippen LogP contribution in [0.15, 0.2) is 48.5 Å². The van der Waals surface area contributed by atoms with E-state index in [9.17, 15) is 9.59 Å². The van der Waals surface area contributed by atoms with E-state index < -0.39 is 11.6 Å². The molecule has 7 heteroatoms. The molecule has 0 radical (unpaired) electrons. The second kappa shape index (κ2) is 9.96. The predicted molar refractivity (Wildman–Crippen MR) is 121 cm³/mol.